The highest BCUT2D eigenvalue weighted by atomic mass is 16.5. The molecule has 27 heavy (non-hydrogen) atoms. The zero-order valence-corrected chi connectivity index (χ0v) is 14.6. The van der Waals surface area contributed by atoms with Crippen LogP contribution in [0.3, 0.4) is 0 Å². The number of anilines is 1. The number of rotatable bonds is 4. The van der Waals surface area contributed by atoms with Gasteiger partial charge in [-0.25, -0.2) is 4.68 Å². The quantitative estimate of drug-likeness (QED) is 0.594. The van der Waals surface area contributed by atoms with E-state index in [9.17, 15) is 4.79 Å². The fraction of sp³-hybridized carbons (Fsp3) is 0.111. The van der Waals surface area contributed by atoms with E-state index in [1.807, 2.05) is 18.2 Å². The van der Waals surface area contributed by atoms with Crippen molar-refractivity contribution in [3.8, 4) is 22.8 Å². The molecule has 2 heterocycles. The van der Waals surface area contributed by atoms with E-state index in [4.69, 9.17) is 4.52 Å². The number of carbonyl (C=O) groups is 1. The molecule has 0 aliphatic heterocycles. The zero-order valence-electron chi connectivity index (χ0n) is 14.6. The van der Waals surface area contributed by atoms with Gasteiger partial charge in [0.1, 0.15) is 0 Å². The molecule has 2 aromatic heterocycles. The Labute approximate surface area is 154 Å². The number of nitrogens with one attached hydrogen (secondary N) is 1. The molecule has 0 aliphatic carbocycles. The summed E-state index contributed by atoms with van der Waals surface area (Å²) < 4.78 is 6.69. The maximum absolute atomic E-state index is 12.5. The first-order chi connectivity index (χ1) is 13.1. The molecule has 9 nitrogen and oxygen atoms in total. The molecule has 0 saturated heterocycles. The Morgan fingerprint density at radius 3 is 2.59 bits per heavy atom. The van der Waals surface area contributed by atoms with Gasteiger partial charge in [0.2, 0.25) is 0 Å². The van der Waals surface area contributed by atoms with Crippen molar-refractivity contribution in [1.29, 1.82) is 0 Å². The monoisotopic (exact) mass is 361 g/mol. The number of carbonyl (C=O) groups excluding carboxylic acids is 1. The van der Waals surface area contributed by atoms with Crippen molar-refractivity contribution in [2.75, 3.05) is 5.32 Å². The molecule has 0 spiro atoms. The summed E-state index contributed by atoms with van der Waals surface area (Å²) >= 11 is 0. The second kappa shape index (κ2) is 6.79. The first kappa shape index (κ1) is 16.6. The second-order valence-electron chi connectivity index (χ2n) is 5.89. The van der Waals surface area contributed by atoms with Crippen molar-refractivity contribution >= 4 is 11.6 Å². The van der Waals surface area contributed by atoms with Crippen LogP contribution in [0.1, 0.15) is 16.2 Å². The lowest BCUT2D eigenvalue weighted by Gasteiger charge is -2.07. The zero-order chi connectivity index (χ0) is 18.8. The third-order valence-corrected chi connectivity index (χ3v) is 3.92. The fourth-order valence-corrected chi connectivity index (χ4v) is 2.59. The summed E-state index contributed by atoms with van der Waals surface area (Å²) in [5.41, 5.74) is 2.73. The SMILES string of the molecule is Cc1noc(-c2ccc(C(=O)Nc3cccc(-c4nnnn4C)c3)cc2)n1. The molecule has 0 atom stereocenters. The van der Waals surface area contributed by atoms with Crippen LogP contribution < -0.4 is 5.32 Å². The first-order valence-electron chi connectivity index (χ1n) is 8.15. The summed E-state index contributed by atoms with van der Waals surface area (Å²) in [5, 5.41) is 18.1. The van der Waals surface area contributed by atoms with Crippen LogP contribution in [0.5, 0.6) is 0 Å². The van der Waals surface area contributed by atoms with Crippen LogP contribution in [0.25, 0.3) is 22.8 Å². The Hall–Kier alpha value is -3.88. The van der Waals surface area contributed by atoms with E-state index in [0.717, 1.165) is 11.1 Å². The molecule has 0 aliphatic rings. The minimum atomic E-state index is -0.225. The third kappa shape index (κ3) is 3.43. The van der Waals surface area contributed by atoms with Crippen LogP contribution in [0, 0.1) is 6.92 Å². The number of amides is 1. The normalized spacial score (nSPS) is 10.7. The fourth-order valence-electron chi connectivity index (χ4n) is 2.59. The number of tetrazole rings is 1. The Morgan fingerprint density at radius 1 is 1.11 bits per heavy atom. The van der Waals surface area contributed by atoms with E-state index in [1.165, 1.54) is 0 Å². The van der Waals surface area contributed by atoms with Crippen LogP contribution >= 0.6 is 0 Å². The molecule has 2 aromatic carbocycles. The van der Waals surface area contributed by atoms with Gasteiger partial charge >= 0.3 is 0 Å². The Kier molecular flexibility index (Phi) is 4.17. The molecule has 0 saturated carbocycles. The van der Waals surface area contributed by atoms with Crippen molar-refractivity contribution in [1.82, 2.24) is 30.3 Å². The van der Waals surface area contributed by atoms with Gasteiger partial charge in [-0.2, -0.15) is 4.98 Å². The topological polar surface area (TPSA) is 112 Å². The highest BCUT2D eigenvalue weighted by Crippen LogP contribution is 2.21. The van der Waals surface area contributed by atoms with Crippen molar-refractivity contribution in [2.45, 2.75) is 6.92 Å². The smallest absolute Gasteiger partial charge is 0.257 e. The van der Waals surface area contributed by atoms with Gasteiger partial charge in [-0.1, -0.05) is 17.3 Å². The number of hydrogen-bond donors (Lipinski definition) is 1. The summed E-state index contributed by atoms with van der Waals surface area (Å²) in [4.78, 5) is 16.7. The van der Waals surface area contributed by atoms with Crippen LogP contribution in [0.2, 0.25) is 0 Å². The molecule has 1 N–H and O–H groups in total. The summed E-state index contributed by atoms with van der Waals surface area (Å²) in [7, 11) is 1.76. The van der Waals surface area contributed by atoms with Crippen LogP contribution in [0.15, 0.2) is 53.1 Å². The van der Waals surface area contributed by atoms with Crippen molar-refractivity contribution < 1.29 is 9.32 Å². The van der Waals surface area contributed by atoms with Crippen molar-refractivity contribution in [3.63, 3.8) is 0 Å². The van der Waals surface area contributed by atoms with Gasteiger partial charge in [-0.15, -0.1) is 5.10 Å². The summed E-state index contributed by atoms with van der Waals surface area (Å²) in [6.07, 6.45) is 0. The van der Waals surface area contributed by atoms with Gasteiger partial charge in [0, 0.05) is 29.4 Å². The number of nitrogens with zero attached hydrogens (tertiary/aromatic N) is 6. The van der Waals surface area contributed by atoms with Crippen molar-refractivity contribution in [2.24, 2.45) is 7.05 Å². The van der Waals surface area contributed by atoms with Gasteiger partial charge in [0.15, 0.2) is 11.6 Å². The van der Waals surface area contributed by atoms with E-state index in [-0.39, 0.29) is 5.91 Å². The lowest BCUT2D eigenvalue weighted by Crippen LogP contribution is -2.11. The van der Waals surface area contributed by atoms with Gasteiger partial charge in [0.05, 0.1) is 0 Å². The molecular weight excluding hydrogens is 346 g/mol. The molecule has 4 aromatic rings. The lowest BCUT2D eigenvalue weighted by atomic mass is 10.1. The van der Waals surface area contributed by atoms with E-state index in [2.05, 4.69) is 31.0 Å². The molecule has 0 radical (unpaired) electrons. The molecule has 134 valence electrons. The number of hydrogen-bond acceptors (Lipinski definition) is 7. The lowest BCUT2D eigenvalue weighted by molar-refractivity contribution is 0.102. The molecule has 4 rings (SSSR count). The van der Waals surface area contributed by atoms with Gasteiger partial charge in [-0.3, -0.25) is 4.79 Å². The van der Waals surface area contributed by atoms with E-state index in [0.29, 0.717) is 28.8 Å². The Balaban J connectivity index is 1.52. The van der Waals surface area contributed by atoms with Crippen LogP contribution in [-0.4, -0.2) is 36.3 Å². The number of aryl methyl sites for hydroxylation is 2. The van der Waals surface area contributed by atoms with E-state index >= 15 is 0 Å². The van der Waals surface area contributed by atoms with Crippen molar-refractivity contribution in [3.05, 3.63) is 59.9 Å². The highest BCUT2D eigenvalue weighted by Gasteiger charge is 2.11. The largest absolute Gasteiger partial charge is 0.334 e. The summed E-state index contributed by atoms with van der Waals surface area (Å²) in [6.45, 7) is 1.75. The first-order valence-corrected chi connectivity index (χ1v) is 8.15. The number of benzene rings is 2. The molecular formula is C18H15N7O2. The Morgan fingerprint density at radius 2 is 1.93 bits per heavy atom. The third-order valence-electron chi connectivity index (χ3n) is 3.92. The maximum atomic E-state index is 12.5. The highest BCUT2D eigenvalue weighted by molar-refractivity contribution is 6.04. The summed E-state index contributed by atoms with van der Waals surface area (Å²) in [6, 6.07) is 14.3. The predicted octanol–water partition coefficient (Wildman–Crippen LogP) is 2.49. The Bertz CT molecular complexity index is 1100. The van der Waals surface area contributed by atoms with Crippen LogP contribution in [-0.2, 0) is 7.05 Å². The molecule has 0 fully saturated rings. The second-order valence-corrected chi connectivity index (χ2v) is 5.89. The average molecular weight is 361 g/mol. The van der Waals surface area contributed by atoms with Gasteiger partial charge < -0.3 is 9.84 Å². The summed E-state index contributed by atoms with van der Waals surface area (Å²) in [5.74, 6) is 1.37. The molecule has 9 heteroatoms. The van der Waals surface area contributed by atoms with E-state index in [1.54, 1.807) is 49.0 Å². The standard InChI is InChI=1S/C18H15N7O2/c1-11-19-18(27-22-11)13-8-6-12(7-9-13)17(26)20-15-5-3-4-14(10-15)16-21-23-24-25(16)2/h3-10H,1-2H3,(H,20,26). The number of aromatic nitrogens is 6. The molecule has 0 bridgehead atoms. The maximum Gasteiger partial charge on any atom is 0.257 e. The minimum absolute atomic E-state index is 0.225. The van der Waals surface area contributed by atoms with E-state index < -0.39 is 0 Å². The molecule has 1 amide bonds. The van der Waals surface area contributed by atoms with Crippen LogP contribution in [0.4, 0.5) is 5.69 Å². The molecule has 0 unspecified atom stereocenters. The predicted molar refractivity (Wildman–Crippen MR) is 96.7 cm³/mol. The minimum Gasteiger partial charge on any atom is -0.334 e. The average Bonchev–Trinajstić information content (AvgIpc) is 3.30. The van der Waals surface area contributed by atoms with Gasteiger partial charge in [0.25, 0.3) is 11.8 Å². The van der Waals surface area contributed by atoms with Gasteiger partial charge in [-0.05, 0) is 53.7 Å².